The minimum atomic E-state index is -0.266. The zero-order chi connectivity index (χ0) is 21.6. The van der Waals surface area contributed by atoms with Crippen LogP contribution in [-0.4, -0.2) is 39.1 Å². The first-order chi connectivity index (χ1) is 13.7. The molecule has 0 bridgehead atoms. The highest BCUT2D eigenvalue weighted by Crippen LogP contribution is 2.29. The number of hydrogen-bond acceptors (Lipinski definition) is 4. The minimum Gasteiger partial charge on any atom is -0.493 e. The van der Waals surface area contributed by atoms with Crippen molar-refractivity contribution in [2.24, 2.45) is 0 Å². The highest BCUT2D eigenvalue weighted by atomic mass is 16.5. The van der Waals surface area contributed by atoms with Crippen molar-refractivity contribution in [1.29, 1.82) is 0 Å². The van der Waals surface area contributed by atoms with Crippen molar-refractivity contribution in [1.82, 2.24) is 0 Å². The van der Waals surface area contributed by atoms with E-state index in [2.05, 4.69) is 10.6 Å². The Kier molecular flexibility index (Phi) is 7.61. The van der Waals surface area contributed by atoms with E-state index in [1.54, 1.807) is 38.5 Å². The van der Waals surface area contributed by atoms with E-state index >= 15 is 0 Å². The lowest BCUT2D eigenvalue weighted by atomic mass is 10.1. The first-order valence-electron chi connectivity index (χ1n) is 9.47. The van der Waals surface area contributed by atoms with Gasteiger partial charge in [0.15, 0.2) is 17.5 Å². The average Bonchev–Trinajstić information content (AvgIpc) is 2.69. The normalized spacial score (nSPS) is 12.6. The van der Waals surface area contributed by atoms with Gasteiger partial charge in [-0.15, -0.1) is 0 Å². The van der Waals surface area contributed by atoms with Crippen LogP contribution in [-0.2, 0) is 16.1 Å². The van der Waals surface area contributed by atoms with Crippen molar-refractivity contribution >= 4 is 23.2 Å². The van der Waals surface area contributed by atoms with Gasteiger partial charge in [-0.1, -0.05) is 0 Å². The zero-order valence-electron chi connectivity index (χ0n) is 17.9. The summed E-state index contributed by atoms with van der Waals surface area (Å²) in [4.78, 5) is 24.8. The Hall–Kier alpha value is -3.06. The number of aryl methyl sites for hydroxylation is 1. The van der Waals surface area contributed by atoms with E-state index in [0.717, 1.165) is 16.0 Å². The summed E-state index contributed by atoms with van der Waals surface area (Å²) in [6.07, 6.45) is 0. The van der Waals surface area contributed by atoms with Crippen molar-refractivity contribution in [3.05, 3.63) is 47.5 Å². The predicted octanol–water partition coefficient (Wildman–Crippen LogP) is 2.01. The molecule has 3 N–H and O–H groups in total. The highest BCUT2D eigenvalue weighted by Gasteiger charge is 2.23. The highest BCUT2D eigenvalue weighted by molar-refractivity contribution is 5.94. The van der Waals surface area contributed by atoms with Crippen molar-refractivity contribution in [2.75, 3.05) is 31.9 Å². The summed E-state index contributed by atoms with van der Waals surface area (Å²) >= 11 is 0. The molecular formula is C22H30N3O4+. The first kappa shape index (κ1) is 22.2. The molecule has 0 aliphatic rings. The van der Waals surface area contributed by atoms with Gasteiger partial charge in [0.25, 0.3) is 5.91 Å². The maximum absolute atomic E-state index is 12.7. The largest absolute Gasteiger partial charge is 0.493 e. The molecule has 1 unspecified atom stereocenters. The van der Waals surface area contributed by atoms with Gasteiger partial charge >= 0.3 is 0 Å². The van der Waals surface area contributed by atoms with Crippen LogP contribution in [0.2, 0.25) is 0 Å². The zero-order valence-corrected chi connectivity index (χ0v) is 17.9. The molecule has 0 spiro atoms. The van der Waals surface area contributed by atoms with Crippen LogP contribution in [0, 0.1) is 6.92 Å². The average molecular weight is 400 g/mol. The van der Waals surface area contributed by atoms with Crippen LogP contribution in [0.4, 0.5) is 11.4 Å². The van der Waals surface area contributed by atoms with Gasteiger partial charge in [-0.3, -0.25) is 9.59 Å². The molecule has 7 heteroatoms. The number of carbonyl (C=O) groups excluding carboxylic acids is 2. The van der Waals surface area contributed by atoms with E-state index in [1.165, 1.54) is 6.92 Å². The summed E-state index contributed by atoms with van der Waals surface area (Å²) in [7, 11) is 5.21. The first-order valence-corrected chi connectivity index (χ1v) is 9.47. The van der Waals surface area contributed by atoms with E-state index < -0.39 is 0 Å². The number of methoxy groups -OCH3 is 2. The summed E-state index contributed by atoms with van der Waals surface area (Å²) < 4.78 is 10.7. The van der Waals surface area contributed by atoms with Crippen LogP contribution in [0.3, 0.4) is 0 Å². The molecule has 2 aromatic rings. The van der Waals surface area contributed by atoms with Crippen molar-refractivity contribution < 1.29 is 24.0 Å². The monoisotopic (exact) mass is 400 g/mol. The maximum Gasteiger partial charge on any atom is 0.282 e. The Morgan fingerprint density at radius 3 is 2.03 bits per heavy atom. The number of ether oxygens (including phenoxy) is 2. The molecule has 2 rings (SSSR count). The lowest BCUT2D eigenvalue weighted by Gasteiger charge is -2.22. The smallest absolute Gasteiger partial charge is 0.282 e. The fraction of sp³-hybridized carbons (Fsp3) is 0.364. The molecule has 0 saturated carbocycles. The van der Waals surface area contributed by atoms with E-state index in [9.17, 15) is 9.59 Å². The molecule has 0 fully saturated rings. The van der Waals surface area contributed by atoms with Crippen LogP contribution in [0.1, 0.15) is 25.0 Å². The molecule has 156 valence electrons. The van der Waals surface area contributed by atoms with Crippen LogP contribution >= 0.6 is 0 Å². The number of hydrogen-bond donors (Lipinski definition) is 3. The Balaban J connectivity index is 2.03. The third-order valence-electron chi connectivity index (χ3n) is 4.92. The van der Waals surface area contributed by atoms with Crippen LogP contribution in [0.5, 0.6) is 11.5 Å². The Bertz CT molecular complexity index is 865. The van der Waals surface area contributed by atoms with Crippen molar-refractivity contribution in [3.8, 4) is 11.5 Å². The molecule has 0 aliphatic carbocycles. The topological polar surface area (TPSA) is 81.1 Å². The van der Waals surface area contributed by atoms with Crippen molar-refractivity contribution in [3.63, 3.8) is 0 Å². The van der Waals surface area contributed by atoms with E-state index in [4.69, 9.17) is 9.47 Å². The Labute approximate surface area is 172 Å². The molecule has 2 atom stereocenters. The lowest BCUT2D eigenvalue weighted by Crippen LogP contribution is -3.12. The molecule has 0 saturated heterocycles. The Morgan fingerprint density at radius 2 is 1.52 bits per heavy atom. The second kappa shape index (κ2) is 9.93. The predicted molar refractivity (Wildman–Crippen MR) is 114 cm³/mol. The number of anilines is 2. The summed E-state index contributed by atoms with van der Waals surface area (Å²) in [5, 5.41) is 5.63. The van der Waals surface area contributed by atoms with Gasteiger partial charge in [-0.25, -0.2) is 0 Å². The minimum absolute atomic E-state index is 0.0760. The number of benzene rings is 2. The van der Waals surface area contributed by atoms with Gasteiger partial charge in [0.2, 0.25) is 5.91 Å². The van der Waals surface area contributed by atoms with Gasteiger partial charge < -0.3 is 25.0 Å². The Morgan fingerprint density at radius 1 is 1.00 bits per heavy atom. The second-order valence-electron chi connectivity index (χ2n) is 7.13. The van der Waals surface area contributed by atoms with Crippen molar-refractivity contribution in [2.45, 2.75) is 33.4 Å². The number of quaternary nitrogens is 1. The molecule has 0 aliphatic heterocycles. The molecular weight excluding hydrogens is 370 g/mol. The number of carbonyl (C=O) groups is 2. The van der Waals surface area contributed by atoms with Gasteiger partial charge in [-0.05, 0) is 55.8 Å². The van der Waals surface area contributed by atoms with Gasteiger partial charge in [0, 0.05) is 23.9 Å². The molecule has 0 radical (unpaired) electrons. The third kappa shape index (κ3) is 5.96. The second-order valence-corrected chi connectivity index (χ2v) is 7.13. The molecule has 29 heavy (non-hydrogen) atoms. The van der Waals surface area contributed by atoms with Crippen LogP contribution < -0.4 is 25.0 Å². The molecule has 0 heterocycles. The third-order valence-corrected chi connectivity index (χ3v) is 4.92. The quantitative estimate of drug-likeness (QED) is 0.633. The number of rotatable bonds is 8. The lowest BCUT2D eigenvalue weighted by molar-refractivity contribution is -0.907. The molecule has 2 aromatic carbocycles. The number of amides is 2. The van der Waals surface area contributed by atoms with Crippen LogP contribution in [0.15, 0.2) is 36.4 Å². The number of nitrogens with one attached hydrogen (secondary N) is 3. The van der Waals surface area contributed by atoms with Gasteiger partial charge in [0.05, 0.1) is 21.3 Å². The van der Waals surface area contributed by atoms with Crippen LogP contribution in [0.25, 0.3) is 0 Å². The summed E-state index contributed by atoms with van der Waals surface area (Å²) in [6, 6.07) is 10.7. The van der Waals surface area contributed by atoms with E-state index in [-0.39, 0.29) is 17.9 Å². The molecule has 2 amide bonds. The number of likely N-dealkylation sites (N-methyl/N-ethyl adjacent to an activating group) is 1. The summed E-state index contributed by atoms with van der Waals surface area (Å²) in [5.74, 6) is 1.16. The SMILES string of the molecule is COc1cc(C)c(C[NH+](C)[C@@H](C)C(=O)Nc2ccc(NC(C)=O)cc2)cc1OC. The molecule has 0 aromatic heterocycles. The molecule has 7 nitrogen and oxygen atoms in total. The van der Waals surface area contributed by atoms with E-state index in [1.807, 2.05) is 33.0 Å². The van der Waals surface area contributed by atoms with Gasteiger partial charge in [-0.2, -0.15) is 0 Å². The van der Waals surface area contributed by atoms with Gasteiger partial charge in [0.1, 0.15) is 6.54 Å². The standard InChI is InChI=1S/C22H29N3O4/c1-14-11-20(28-5)21(29-6)12-17(14)13-25(4)15(2)22(27)24-19-9-7-18(8-10-19)23-16(3)26/h7-12,15H,13H2,1-6H3,(H,23,26)(H,24,27)/p+1/t15-/m0/s1. The summed E-state index contributed by atoms with van der Waals surface area (Å²) in [5.41, 5.74) is 3.56. The fourth-order valence-corrected chi connectivity index (χ4v) is 2.98. The van der Waals surface area contributed by atoms with E-state index in [0.29, 0.717) is 29.4 Å². The fourth-order valence-electron chi connectivity index (χ4n) is 2.98. The maximum atomic E-state index is 12.7. The summed E-state index contributed by atoms with van der Waals surface area (Å²) in [6.45, 7) is 6.04.